The lowest BCUT2D eigenvalue weighted by Crippen LogP contribution is -2.51. The van der Waals surface area contributed by atoms with Crippen LogP contribution in [0.1, 0.15) is 18.4 Å². The molecule has 18 heavy (non-hydrogen) atoms. The predicted octanol–water partition coefficient (Wildman–Crippen LogP) is 1.04. The van der Waals surface area contributed by atoms with Gasteiger partial charge in [-0.15, -0.1) is 0 Å². The highest BCUT2D eigenvalue weighted by Gasteiger charge is 2.31. The van der Waals surface area contributed by atoms with Gasteiger partial charge in [0.25, 0.3) is 0 Å². The topological polar surface area (TPSA) is 70.5 Å². The molecule has 0 aliphatic carbocycles. The fraction of sp³-hybridized carbons (Fsp3) is 0.571. The third kappa shape index (κ3) is 3.29. The highest BCUT2D eigenvalue weighted by Crippen LogP contribution is 2.22. The van der Waals surface area contributed by atoms with Gasteiger partial charge in [0, 0.05) is 13.2 Å². The average molecular weight is 250 g/mol. The summed E-state index contributed by atoms with van der Waals surface area (Å²) >= 11 is 0. The maximum atomic E-state index is 6.22. The summed E-state index contributed by atoms with van der Waals surface area (Å²) in [5, 5.41) is 0. The summed E-state index contributed by atoms with van der Waals surface area (Å²) in [6.07, 6.45) is 2.30. The smallest absolute Gasteiger partial charge is 0.172 e. The molecule has 2 unspecified atom stereocenters. The van der Waals surface area contributed by atoms with E-state index in [2.05, 4.69) is 12.1 Å². The zero-order chi connectivity index (χ0) is 13.0. The van der Waals surface area contributed by atoms with Crippen LogP contribution in [0, 0.1) is 0 Å². The maximum absolute atomic E-state index is 6.22. The third-order valence-electron chi connectivity index (χ3n) is 3.47. The van der Waals surface area contributed by atoms with E-state index in [0.717, 1.165) is 19.3 Å². The highest BCUT2D eigenvalue weighted by molar-refractivity contribution is 5.16. The molecule has 0 radical (unpaired) electrons. The second kappa shape index (κ2) is 6.29. The molecular weight excluding hydrogens is 228 g/mol. The van der Waals surface area contributed by atoms with Crippen LogP contribution in [-0.2, 0) is 15.9 Å². The number of methoxy groups -OCH3 is 1. The summed E-state index contributed by atoms with van der Waals surface area (Å²) in [7, 11) is 1.62. The first-order valence-corrected chi connectivity index (χ1v) is 6.44. The molecule has 100 valence electrons. The monoisotopic (exact) mass is 250 g/mol. The molecule has 0 bridgehead atoms. The minimum absolute atomic E-state index is 0.0162. The fourth-order valence-corrected chi connectivity index (χ4v) is 2.40. The van der Waals surface area contributed by atoms with Gasteiger partial charge >= 0.3 is 0 Å². The Kier molecular flexibility index (Phi) is 4.72. The quantitative estimate of drug-likeness (QED) is 0.837. The van der Waals surface area contributed by atoms with E-state index >= 15 is 0 Å². The van der Waals surface area contributed by atoms with Crippen LogP contribution in [0.15, 0.2) is 30.3 Å². The molecule has 1 aromatic rings. The number of nitrogens with two attached hydrogens (primary N) is 2. The predicted molar refractivity (Wildman–Crippen MR) is 71.0 cm³/mol. The van der Waals surface area contributed by atoms with Gasteiger partial charge in [-0.25, -0.2) is 0 Å². The summed E-state index contributed by atoms with van der Waals surface area (Å²) < 4.78 is 11.0. The Bertz CT molecular complexity index is 358. The molecule has 2 rings (SSSR count). The minimum Gasteiger partial charge on any atom is -0.354 e. The number of ether oxygens (including phenoxy) is 2. The average Bonchev–Trinajstić information content (AvgIpc) is 2.40. The maximum Gasteiger partial charge on any atom is 0.172 e. The lowest BCUT2D eigenvalue weighted by molar-refractivity contribution is -0.193. The number of rotatable bonds is 4. The molecule has 4 N–H and O–H groups in total. The van der Waals surface area contributed by atoms with E-state index in [1.165, 1.54) is 5.56 Å². The van der Waals surface area contributed by atoms with Crippen LogP contribution in [-0.4, -0.2) is 31.6 Å². The summed E-state index contributed by atoms with van der Waals surface area (Å²) in [5.74, 6) is 0. The van der Waals surface area contributed by atoms with Crippen molar-refractivity contribution in [2.45, 2.75) is 43.7 Å². The zero-order valence-corrected chi connectivity index (χ0v) is 10.8. The second-order valence-electron chi connectivity index (χ2n) is 4.87. The van der Waals surface area contributed by atoms with Crippen LogP contribution in [0.4, 0.5) is 0 Å². The number of benzene rings is 1. The zero-order valence-electron chi connectivity index (χ0n) is 10.8. The van der Waals surface area contributed by atoms with Crippen LogP contribution in [0.5, 0.6) is 0 Å². The molecule has 1 aliphatic rings. The van der Waals surface area contributed by atoms with Gasteiger partial charge < -0.3 is 20.9 Å². The highest BCUT2D eigenvalue weighted by atomic mass is 16.7. The Morgan fingerprint density at radius 1 is 1.33 bits per heavy atom. The van der Waals surface area contributed by atoms with Crippen LogP contribution >= 0.6 is 0 Å². The fourth-order valence-electron chi connectivity index (χ4n) is 2.40. The van der Waals surface area contributed by atoms with Crippen LogP contribution in [0.3, 0.4) is 0 Å². The van der Waals surface area contributed by atoms with Crippen LogP contribution in [0.2, 0.25) is 0 Å². The van der Waals surface area contributed by atoms with E-state index in [9.17, 15) is 0 Å². The van der Waals surface area contributed by atoms with Crippen LogP contribution < -0.4 is 11.5 Å². The molecule has 4 nitrogen and oxygen atoms in total. The Morgan fingerprint density at radius 3 is 2.72 bits per heavy atom. The van der Waals surface area contributed by atoms with Gasteiger partial charge in [-0.05, 0) is 24.8 Å². The second-order valence-corrected chi connectivity index (χ2v) is 4.87. The van der Waals surface area contributed by atoms with Crippen molar-refractivity contribution in [3.05, 3.63) is 35.9 Å². The van der Waals surface area contributed by atoms with Crippen molar-refractivity contribution >= 4 is 0 Å². The molecular formula is C14H22N2O2. The van der Waals surface area contributed by atoms with Crippen molar-refractivity contribution in [3.63, 3.8) is 0 Å². The van der Waals surface area contributed by atoms with Gasteiger partial charge in [-0.3, -0.25) is 0 Å². The molecule has 4 atom stereocenters. The van der Waals surface area contributed by atoms with Gasteiger partial charge in [-0.2, -0.15) is 0 Å². The minimum atomic E-state index is -0.328. The lowest BCUT2D eigenvalue weighted by atomic mass is 9.95. The van der Waals surface area contributed by atoms with E-state index in [0.29, 0.717) is 0 Å². The van der Waals surface area contributed by atoms with E-state index in [4.69, 9.17) is 20.9 Å². The Hall–Kier alpha value is -0.940. The molecule has 4 heteroatoms. The summed E-state index contributed by atoms with van der Waals surface area (Å²) in [4.78, 5) is 0. The largest absolute Gasteiger partial charge is 0.354 e. The van der Waals surface area contributed by atoms with Crippen molar-refractivity contribution in [2.24, 2.45) is 11.5 Å². The lowest BCUT2D eigenvalue weighted by Gasteiger charge is -2.36. The molecule has 1 saturated heterocycles. The van der Waals surface area contributed by atoms with Gasteiger partial charge in [0.1, 0.15) is 0 Å². The summed E-state index contributed by atoms with van der Waals surface area (Å²) in [6, 6.07) is 10.2. The van der Waals surface area contributed by atoms with E-state index in [-0.39, 0.29) is 24.5 Å². The molecule has 0 saturated carbocycles. The number of hydrogen-bond acceptors (Lipinski definition) is 4. The van der Waals surface area contributed by atoms with Crippen LogP contribution in [0.25, 0.3) is 0 Å². The Morgan fingerprint density at radius 2 is 2.06 bits per heavy atom. The Labute approximate surface area is 108 Å². The summed E-state index contributed by atoms with van der Waals surface area (Å²) in [5.41, 5.74) is 13.4. The van der Waals surface area contributed by atoms with E-state index in [1.807, 2.05) is 18.2 Å². The standard InChI is InChI=1S/C14H22N2O2/c1-17-14-11(15)7-8-13(18-14)12(16)9-10-5-3-2-4-6-10/h2-6,11-14H,7-9,15-16H2,1H3/t11-,12?,13?,14+/m1/s1. The van der Waals surface area contributed by atoms with Gasteiger partial charge in [-0.1, -0.05) is 30.3 Å². The SMILES string of the molecule is CO[C@H]1OC(C(N)Cc2ccccc2)CC[C@H]1N. The van der Waals surface area contributed by atoms with Gasteiger partial charge in [0.2, 0.25) is 0 Å². The van der Waals surface area contributed by atoms with Gasteiger partial charge in [0.05, 0.1) is 12.1 Å². The first-order valence-electron chi connectivity index (χ1n) is 6.44. The van der Waals surface area contributed by atoms with Crippen molar-refractivity contribution < 1.29 is 9.47 Å². The first-order chi connectivity index (χ1) is 8.70. The molecule has 0 amide bonds. The van der Waals surface area contributed by atoms with E-state index in [1.54, 1.807) is 7.11 Å². The van der Waals surface area contributed by atoms with Gasteiger partial charge in [0.15, 0.2) is 6.29 Å². The van der Waals surface area contributed by atoms with Crippen molar-refractivity contribution in [1.29, 1.82) is 0 Å². The number of hydrogen-bond donors (Lipinski definition) is 2. The molecule has 1 aliphatic heterocycles. The van der Waals surface area contributed by atoms with E-state index < -0.39 is 0 Å². The normalized spacial score (nSPS) is 30.1. The Balaban J connectivity index is 1.91. The molecule has 1 fully saturated rings. The van der Waals surface area contributed by atoms with Crippen molar-refractivity contribution in [2.75, 3.05) is 7.11 Å². The van der Waals surface area contributed by atoms with Crippen molar-refractivity contribution in [1.82, 2.24) is 0 Å². The van der Waals surface area contributed by atoms with Crippen molar-refractivity contribution in [3.8, 4) is 0 Å². The first kappa shape index (κ1) is 13.5. The molecule has 1 aromatic carbocycles. The molecule has 0 spiro atoms. The molecule has 0 aromatic heterocycles. The molecule has 1 heterocycles. The summed E-state index contributed by atoms with van der Waals surface area (Å²) in [6.45, 7) is 0. The third-order valence-corrected chi connectivity index (χ3v) is 3.47.